The Balaban J connectivity index is 3.04. The molecule has 2 N–H and O–H groups in total. The molecule has 0 aliphatic rings. The Bertz CT molecular complexity index is 474. The third-order valence-electron chi connectivity index (χ3n) is 2.76. The van der Waals surface area contributed by atoms with E-state index < -0.39 is 11.7 Å². The van der Waals surface area contributed by atoms with Gasteiger partial charge in [-0.2, -0.15) is 13.2 Å². The van der Waals surface area contributed by atoms with Crippen LogP contribution in [0.15, 0.2) is 29.3 Å². The third-order valence-corrected chi connectivity index (χ3v) is 2.98. The molecular weight excluding hydrogens is 335 g/mol. The lowest BCUT2D eigenvalue weighted by Gasteiger charge is -2.16. The van der Waals surface area contributed by atoms with E-state index in [0.717, 1.165) is 6.07 Å². The van der Waals surface area contributed by atoms with Gasteiger partial charge in [0.2, 0.25) is 0 Å². The molecular formula is C14H17BrF3NO. The van der Waals surface area contributed by atoms with Crippen LogP contribution in [0.5, 0.6) is 5.75 Å². The summed E-state index contributed by atoms with van der Waals surface area (Å²) in [4.78, 5) is 0. The number of alkyl halides is 3. The SMILES string of the molecule is C=C(Br)COc1ccc(CC(N)CC)cc1C(F)(F)F. The smallest absolute Gasteiger partial charge is 0.419 e. The Hall–Kier alpha value is -1.01. The maximum atomic E-state index is 13.0. The van der Waals surface area contributed by atoms with Crippen molar-refractivity contribution in [1.82, 2.24) is 0 Å². The first kappa shape index (κ1) is 17.0. The molecule has 0 heterocycles. The van der Waals surface area contributed by atoms with Crippen molar-refractivity contribution < 1.29 is 17.9 Å². The van der Waals surface area contributed by atoms with Crippen LogP contribution in [0.2, 0.25) is 0 Å². The van der Waals surface area contributed by atoms with Gasteiger partial charge in [-0.3, -0.25) is 0 Å². The minimum absolute atomic E-state index is 0.0170. The summed E-state index contributed by atoms with van der Waals surface area (Å²) < 4.78 is 44.7. The van der Waals surface area contributed by atoms with Crippen molar-refractivity contribution in [3.05, 3.63) is 40.4 Å². The Kier molecular flexibility index (Phi) is 6.07. The second kappa shape index (κ2) is 7.13. The van der Waals surface area contributed by atoms with Gasteiger partial charge in [0.15, 0.2) is 0 Å². The number of benzene rings is 1. The van der Waals surface area contributed by atoms with Crippen LogP contribution in [0.4, 0.5) is 13.2 Å². The highest BCUT2D eigenvalue weighted by molar-refractivity contribution is 9.11. The average molecular weight is 352 g/mol. The molecule has 1 aromatic carbocycles. The van der Waals surface area contributed by atoms with Crippen molar-refractivity contribution in [2.45, 2.75) is 32.0 Å². The third kappa shape index (κ3) is 5.17. The molecule has 1 aromatic rings. The minimum atomic E-state index is -4.46. The van der Waals surface area contributed by atoms with E-state index >= 15 is 0 Å². The molecule has 0 amide bonds. The molecule has 0 saturated carbocycles. The molecule has 0 radical (unpaired) electrons. The number of hydrogen-bond acceptors (Lipinski definition) is 2. The summed E-state index contributed by atoms with van der Waals surface area (Å²) in [6.07, 6.45) is -3.34. The Labute approximate surface area is 124 Å². The zero-order valence-corrected chi connectivity index (χ0v) is 12.7. The van der Waals surface area contributed by atoms with E-state index in [1.807, 2.05) is 6.92 Å². The molecule has 0 fully saturated rings. The number of nitrogens with two attached hydrogens (primary N) is 1. The zero-order valence-electron chi connectivity index (χ0n) is 11.1. The number of ether oxygens (including phenoxy) is 1. The van der Waals surface area contributed by atoms with Gasteiger partial charge in [-0.1, -0.05) is 35.5 Å². The van der Waals surface area contributed by atoms with E-state index in [-0.39, 0.29) is 18.4 Å². The number of halogens is 4. The molecule has 1 unspecified atom stereocenters. The average Bonchev–Trinajstić information content (AvgIpc) is 2.35. The van der Waals surface area contributed by atoms with Gasteiger partial charge >= 0.3 is 6.18 Å². The molecule has 2 nitrogen and oxygen atoms in total. The number of rotatable bonds is 6. The van der Waals surface area contributed by atoms with Crippen LogP contribution < -0.4 is 10.5 Å². The van der Waals surface area contributed by atoms with Crippen LogP contribution >= 0.6 is 15.9 Å². The van der Waals surface area contributed by atoms with E-state index in [9.17, 15) is 13.2 Å². The summed E-state index contributed by atoms with van der Waals surface area (Å²) in [5, 5.41) is 0. The molecule has 0 spiro atoms. The van der Waals surface area contributed by atoms with Crippen molar-refractivity contribution in [1.29, 1.82) is 0 Å². The van der Waals surface area contributed by atoms with E-state index in [0.29, 0.717) is 22.9 Å². The summed E-state index contributed by atoms with van der Waals surface area (Å²) in [5.41, 5.74) is 5.54. The van der Waals surface area contributed by atoms with E-state index in [4.69, 9.17) is 10.5 Å². The van der Waals surface area contributed by atoms with Crippen molar-refractivity contribution in [2.75, 3.05) is 6.61 Å². The van der Waals surface area contributed by atoms with Crippen LogP contribution in [0.25, 0.3) is 0 Å². The quantitative estimate of drug-likeness (QED) is 0.830. The topological polar surface area (TPSA) is 35.2 Å². The van der Waals surface area contributed by atoms with Crippen molar-refractivity contribution in [3.63, 3.8) is 0 Å². The minimum Gasteiger partial charge on any atom is -0.488 e. The summed E-state index contributed by atoms with van der Waals surface area (Å²) in [5.74, 6) is -0.202. The highest BCUT2D eigenvalue weighted by Crippen LogP contribution is 2.37. The van der Waals surface area contributed by atoms with E-state index in [1.54, 1.807) is 6.07 Å². The van der Waals surface area contributed by atoms with Crippen LogP contribution in [-0.4, -0.2) is 12.6 Å². The summed E-state index contributed by atoms with van der Waals surface area (Å²) >= 11 is 3.05. The lowest BCUT2D eigenvalue weighted by atomic mass is 10.0. The normalized spacial score (nSPS) is 13.1. The maximum Gasteiger partial charge on any atom is 0.419 e. The standard InChI is InChI=1S/C14H17BrF3NO/c1-3-11(19)6-10-4-5-13(20-8-9(2)15)12(7-10)14(16,17)18/h4-5,7,11H,2-3,6,8,19H2,1H3. The first-order valence-corrected chi connectivity index (χ1v) is 6.95. The monoisotopic (exact) mass is 351 g/mol. The van der Waals surface area contributed by atoms with Crippen LogP contribution in [-0.2, 0) is 12.6 Å². The van der Waals surface area contributed by atoms with Crippen LogP contribution in [0, 0.1) is 0 Å². The largest absolute Gasteiger partial charge is 0.488 e. The zero-order chi connectivity index (χ0) is 15.3. The van der Waals surface area contributed by atoms with Gasteiger partial charge in [0.1, 0.15) is 12.4 Å². The second-order valence-electron chi connectivity index (χ2n) is 4.51. The number of hydrogen-bond donors (Lipinski definition) is 1. The molecule has 6 heteroatoms. The Morgan fingerprint density at radius 2 is 2.10 bits per heavy atom. The molecule has 112 valence electrons. The molecule has 0 aliphatic carbocycles. The predicted octanol–water partition coefficient (Wildman–Crippen LogP) is 4.27. The summed E-state index contributed by atoms with van der Waals surface area (Å²) in [6, 6.07) is 3.89. The second-order valence-corrected chi connectivity index (χ2v) is 5.63. The Morgan fingerprint density at radius 3 is 2.60 bits per heavy atom. The summed E-state index contributed by atoms with van der Waals surface area (Å²) in [6.45, 7) is 5.40. The molecule has 0 bridgehead atoms. The van der Waals surface area contributed by atoms with Gasteiger partial charge in [-0.25, -0.2) is 0 Å². The maximum absolute atomic E-state index is 13.0. The van der Waals surface area contributed by atoms with Gasteiger partial charge in [-0.15, -0.1) is 0 Å². The fourth-order valence-corrected chi connectivity index (χ4v) is 1.77. The van der Waals surface area contributed by atoms with Crippen molar-refractivity contribution in [3.8, 4) is 5.75 Å². The first-order valence-electron chi connectivity index (χ1n) is 6.15. The molecule has 1 atom stereocenters. The molecule has 0 aromatic heterocycles. The van der Waals surface area contributed by atoms with E-state index in [1.165, 1.54) is 6.07 Å². The van der Waals surface area contributed by atoms with Crippen molar-refractivity contribution in [2.24, 2.45) is 5.73 Å². The highest BCUT2D eigenvalue weighted by atomic mass is 79.9. The van der Waals surface area contributed by atoms with Gasteiger partial charge in [0.05, 0.1) is 5.56 Å². The van der Waals surface area contributed by atoms with Gasteiger partial charge in [0.25, 0.3) is 0 Å². The fraction of sp³-hybridized carbons (Fsp3) is 0.429. The first-order chi connectivity index (χ1) is 9.24. The molecule has 0 aliphatic heterocycles. The van der Waals surface area contributed by atoms with E-state index in [2.05, 4.69) is 22.5 Å². The summed E-state index contributed by atoms with van der Waals surface area (Å²) in [7, 11) is 0. The van der Waals surface area contributed by atoms with Crippen LogP contribution in [0.3, 0.4) is 0 Å². The predicted molar refractivity (Wildman–Crippen MR) is 77.0 cm³/mol. The molecule has 20 heavy (non-hydrogen) atoms. The van der Waals surface area contributed by atoms with Crippen LogP contribution in [0.1, 0.15) is 24.5 Å². The molecule has 1 rings (SSSR count). The molecule has 0 saturated heterocycles. The van der Waals surface area contributed by atoms with Crippen molar-refractivity contribution >= 4 is 15.9 Å². The fourth-order valence-electron chi connectivity index (χ4n) is 1.65. The highest BCUT2D eigenvalue weighted by Gasteiger charge is 2.34. The van der Waals surface area contributed by atoms with Gasteiger partial charge in [0, 0.05) is 10.5 Å². The van der Waals surface area contributed by atoms with Gasteiger partial charge in [-0.05, 0) is 30.5 Å². The Morgan fingerprint density at radius 1 is 1.45 bits per heavy atom. The lowest BCUT2D eigenvalue weighted by Crippen LogP contribution is -2.21. The van der Waals surface area contributed by atoms with Gasteiger partial charge < -0.3 is 10.5 Å². The lowest BCUT2D eigenvalue weighted by molar-refractivity contribution is -0.138.